The van der Waals surface area contributed by atoms with Gasteiger partial charge in [0.05, 0.1) is 30.8 Å². The van der Waals surface area contributed by atoms with Gasteiger partial charge in [-0.1, -0.05) is 0 Å². The third-order valence-electron chi connectivity index (χ3n) is 2.50. The van der Waals surface area contributed by atoms with Crippen LogP contribution < -0.4 is 10.9 Å². The second-order valence-corrected chi connectivity index (χ2v) is 7.36. The van der Waals surface area contributed by atoms with E-state index in [0.717, 1.165) is 0 Å². The molecule has 1 aromatic heterocycles. The van der Waals surface area contributed by atoms with Gasteiger partial charge < -0.3 is 10.1 Å². The van der Waals surface area contributed by atoms with Crippen molar-refractivity contribution in [1.82, 2.24) is 9.78 Å². The highest BCUT2D eigenvalue weighted by atomic mass is 79.9. The third kappa shape index (κ3) is 5.59. The molecule has 114 valence electrons. The first-order valence-corrected chi connectivity index (χ1v) is 8.86. The van der Waals surface area contributed by atoms with Crippen molar-refractivity contribution >= 4 is 31.5 Å². The van der Waals surface area contributed by atoms with E-state index in [9.17, 15) is 13.2 Å². The van der Waals surface area contributed by atoms with Crippen molar-refractivity contribution in [2.24, 2.45) is 0 Å². The molecule has 0 aliphatic rings. The SMILES string of the molecule is COCCn1ncc(NCCCS(C)(=O)=O)c(Br)c1=O. The molecule has 0 spiro atoms. The maximum Gasteiger partial charge on any atom is 0.283 e. The molecule has 0 fully saturated rings. The van der Waals surface area contributed by atoms with Crippen LogP contribution in [0.2, 0.25) is 0 Å². The fourth-order valence-corrected chi connectivity index (χ4v) is 2.60. The molecule has 0 bridgehead atoms. The van der Waals surface area contributed by atoms with Gasteiger partial charge in [-0.25, -0.2) is 13.1 Å². The van der Waals surface area contributed by atoms with Crippen molar-refractivity contribution in [3.8, 4) is 0 Å². The molecule has 7 nitrogen and oxygen atoms in total. The van der Waals surface area contributed by atoms with Crippen molar-refractivity contribution < 1.29 is 13.2 Å². The summed E-state index contributed by atoms with van der Waals surface area (Å²) in [4.78, 5) is 11.9. The Morgan fingerprint density at radius 3 is 2.80 bits per heavy atom. The van der Waals surface area contributed by atoms with Crippen molar-refractivity contribution in [2.75, 3.05) is 37.6 Å². The lowest BCUT2D eigenvalue weighted by molar-refractivity contribution is 0.181. The van der Waals surface area contributed by atoms with Gasteiger partial charge >= 0.3 is 0 Å². The van der Waals surface area contributed by atoms with Gasteiger partial charge in [-0.05, 0) is 22.4 Å². The van der Waals surface area contributed by atoms with Crippen molar-refractivity contribution in [2.45, 2.75) is 13.0 Å². The van der Waals surface area contributed by atoms with Crippen LogP contribution in [-0.2, 0) is 21.1 Å². The zero-order valence-electron chi connectivity index (χ0n) is 11.4. The van der Waals surface area contributed by atoms with Crippen LogP contribution in [0, 0.1) is 0 Å². The highest BCUT2D eigenvalue weighted by Crippen LogP contribution is 2.15. The first-order chi connectivity index (χ1) is 9.35. The van der Waals surface area contributed by atoms with Crippen LogP contribution in [0.3, 0.4) is 0 Å². The smallest absolute Gasteiger partial charge is 0.283 e. The van der Waals surface area contributed by atoms with Gasteiger partial charge in [0.15, 0.2) is 0 Å². The topological polar surface area (TPSA) is 90.3 Å². The Hall–Kier alpha value is -0.930. The Bertz CT molecular complexity index is 600. The van der Waals surface area contributed by atoms with Gasteiger partial charge in [-0.15, -0.1) is 0 Å². The van der Waals surface area contributed by atoms with E-state index in [2.05, 4.69) is 26.3 Å². The summed E-state index contributed by atoms with van der Waals surface area (Å²) in [5.41, 5.74) is 0.298. The number of rotatable bonds is 8. The number of halogens is 1. The summed E-state index contributed by atoms with van der Waals surface area (Å²) in [6.45, 7) is 1.23. The lowest BCUT2D eigenvalue weighted by Gasteiger charge is -2.10. The predicted molar refractivity (Wildman–Crippen MR) is 80.9 cm³/mol. The molecule has 0 atom stereocenters. The van der Waals surface area contributed by atoms with Gasteiger partial charge in [0, 0.05) is 19.9 Å². The van der Waals surface area contributed by atoms with E-state index in [4.69, 9.17) is 4.74 Å². The molecule has 1 N–H and O–H groups in total. The Kier molecular flexibility index (Phi) is 6.63. The average Bonchev–Trinajstić information content (AvgIpc) is 2.37. The minimum atomic E-state index is -2.96. The van der Waals surface area contributed by atoms with Crippen LogP contribution in [0.25, 0.3) is 0 Å². The largest absolute Gasteiger partial charge is 0.383 e. The van der Waals surface area contributed by atoms with Gasteiger partial charge in [0.1, 0.15) is 14.3 Å². The summed E-state index contributed by atoms with van der Waals surface area (Å²) in [6.07, 6.45) is 3.20. The van der Waals surface area contributed by atoms with Gasteiger partial charge in [-0.2, -0.15) is 5.10 Å². The van der Waals surface area contributed by atoms with E-state index in [1.165, 1.54) is 17.1 Å². The molecule has 0 saturated carbocycles. The third-order valence-corrected chi connectivity index (χ3v) is 4.30. The minimum Gasteiger partial charge on any atom is -0.383 e. The first kappa shape index (κ1) is 17.1. The van der Waals surface area contributed by atoms with E-state index >= 15 is 0 Å². The Morgan fingerprint density at radius 1 is 1.50 bits per heavy atom. The number of anilines is 1. The summed E-state index contributed by atoms with van der Waals surface area (Å²) in [5.74, 6) is 0.107. The summed E-state index contributed by atoms with van der Waals surface area (Å²) in [7, 11) is -1.41. The van der Waals surface area contributed by atoms with E-state index in [1.54, 1.807) is 7.11 Å². The molecule has 0 aromatic carbocycles. The first-order valence-electron chi connectivity index (χ1n) is 6.01. The van der Waals surface area contributed by atoms with Crippen LogP contribution in [0.5, 0.6) is 0 Å². The molecular formula is C11H18BrN3O4S. The summed E-state index contributed by atoms with van der Waals surface area (Å²) < 4.78 is 28.6. The standard InChI is InChI=1S/C11H18BrN3O4S/c1-19-6-5-15-11(16)10(12)9(8-14-15)13-4-3-7-20(2,17)18/h8,13H,3-7H2,1-2H3. The van der Waals surface area contributed by atoms with E-state index in [1.807, 2.05) is 0 Å². The molecule has 0 amide bonds. The van der Waals surface area contributed by atoms with Crippen molar-refractivity contribution in [1.29, 1.82) is 0 Å². The predicted octanol–water partition coefficient (Wildman–Crippen LogP) is 0.499. The molecule has 0 unspecified atom stereocenters. The van der Waals surface area contributed by atoms with Crippen LogP contribution in [0.4, 0.5) is 5.69 Å². The number of ether oxygens (including phenoxy) is 1. The fourth-order valence-electron chi connectivity index (χ4n) is 1.48. The van der Waals surface area contributed by atoms with Crippen molar-refractivity contribution in [3.05, 3.63) is 21.0 Å². The normalized spacial score (nSPS) is 11.6. The molecule has 9 heteroatoms. The quantitative estimate of drug-likeness (QED) is 0.672. The van der Waals surface area contributed by atoms with Gasteiger partial charge in [0.25, 0.3) is 5.56 Å². The van der Waals surface area contributed by atoms with E-state index in [-0.39, 0.29) is 11.3 Å². The maximum atomic E-state index is 11.9. The lowest BCUT2D eigenvalue weighted by atomic mass is 10.4. The number of methoxy groups -OCH3 is 1. The number of sulfone groups is 1. The van der Waals surface area contributed by atoms with Gasteiger partial charge in [0.2, 0.25) is 0 Å². The fraction of sp³-hybridized carbons (Fsp3) is 0.636. The van der Waals surface area contributed by atoms with Crippen LogP contribution in [0.15, 0.2) is 15.5 Å². The summed E-state index contributed by atoms with van der Waals surface area (Å²) in [5, 5.41) is 7.01. The summed E-state index contributed by atoms with van der Waals surface area (Å²) >= 11 is 3.22. The molecule has 0 aliphatic carbocycles. The number of nitrogens with one attached hydrogen (secondary N) is 1. The number of hydrogen-bond donors (Lipinski definition) is 1. The molecule has 1 rings (SSSR count). The van der Waals surface area contributed by atoms with Gasteiger partial charge in [-0.3, -0.25) is 4.79 Å². The lowest BCUT2D eigenvalue weighted by Crippen LogP contribution is -2.26. The molecule has 0 radical (unpaired) electrons. The molecule has 1 heterocycles. The van der Waals surface area contributed by atoms with Crippen molar-refractivity contribution in [3.63, 3.8) is 0 Å². The zero-order chi connectivity index (χ0) is 15.2. The van der Waals surface area contributed by atoms with E-state index < -0.39 is 9.84 Å². The Balaban J connectivity index is 2.64. The molecule has 0 aliphatic heterocycles. The average molecular weight is 368 g/mol. The highest BCUT2D eigenvalue weighted by Gasteiger charge is 2.08. The van der Waals surface area contributed by atoms with Crippen LogP contribution >= 0.6 is 15.9 Å². The molecular weight excluding hydrogens is 350 g/mol. The monoisotopic (exact) mass is 367 g/mol. The molecule has 0 saturated heterocycles. The van der Waals surface area contributed by atoms with Crippen LogP contribution in [-0.4, -0.2) is 50.5 Å². The number of nitrogens with zero attached hydrogens (tertiary/aromatic N) is 2. The second-order valence-electron chi connectivity index (χ2n) is 4.30. The summed E-state index contributed by atoms with van der Waals surface area (Å²) in [6, 6.07) is 0. The Morgan fingerprint density at radius 2 is 2.20 bits per heavy atom. The zero-order valence-corrected chi connectivity index (χ0v) is 13.8. The maximum absolute atomic E-state index is 11.9. The Labute approximate surface area is 126 Å². The highest BCUT2D eigenvalue weighted by molar-refractivity contribution is 9.10. The number of hydrogen-bond acceptors (Lipinski definition) is 6. The second kappa shape index (κ2) is 7.75. The molecule has 1 aromatic rings. The molecule has 20 heavy (non-hydrogen) atoms. The van der Waals surface area contributed by atoms with Crippen LogP contribution in [0.1, 0.15) is 6.42 Å². The minimum absolute atomic E-state index is 0.107. The number of aromatic nitrogens is 2. The van der Waals surface area contributed by atoms with E-state index in [0.29, 0.717) is 36.3 Å².